The third-order valence-electron chi connectivity index (χ3n) is 6.15. The number of likely N-dealkylation sites (N-methyl/N-ethyl adjacent to an activating group) is 1. The number of nitrogens with one attached hydrogen (secondary N) is 1. The number of sulfonamides is 1. The van der Waals surface area contributed by atoms with E-state index in [9.17, 15) is 13.2 Å². The minimum absolute atomic E-state index is 0.248. The molecule has 1 fully saturated rings. The van der Waals surface area contributed by atoms with E-state index in [1.54, 1.807) is 24.3 Å². The maximum absolute atomic E-state index is 13.1. The van der Waals surface area contributed by atoms with Crippen LogP contribution >= 0.6 is 0 Å². The summed E-state index contributed by atoms with van der Waals surface area (Å²) in [6, 6.07) is 16.1. The second-order valence-corrected chi connectivity index (χ2v) is 10.6. The van der Waals surface area contributed by atoms with E-state index in [4.69, 9.17) is 0 Å². The number of benzene rings is 2. The lowest BCUT2D eigenvalue weighted by atomic mass is 9.98. The molecular weight excluding hydrogens is 410 g/mol. The van der Waals surface area contributed by atoms with E-state index in [1.807, 2.05) is 25.1 Å². The number of rotatable bonds is 7. The molecule has 7 heteroatoms. The Kier molecular flexibility index (Phi) is 7.38. The summed E-state index contributed by atoms with van der Waals surface area (Å²) in [7, 11) is -2.11. The molecule has 0 aliphatic carbocycles. The van der Waals surface area contributed by atoms with Crippen LogP contribution in [-0.4, -0.2) is 45.0 Å². The molecule has 1 aliphatic heterocycles. The summed E-state index contributed by atoms with van der Waals surface area (Å²) in [6.45, 7) is 6.36. The van der Waals surface area contributed by atoms with Gasteiger partial charge in [-0.25, -0.2) is 8.42 Å². The van der Waals surface area contributed by atoms with Gasteiger partial charge in [-0.3, -0.25) is 4.79 Å². The van der Waals surface area contributed by atoms with E-state index in [2.05, 4.69) is 29.3 Å². The molecular formula is C24H33N3O3S. The standard InChI is InChI=1S/C24H33N3O3S/c1-18-14-16-27(17-15-18)22-12-10-20(11-13-22)19(2)25-24(28)23(26(3)31(4,29)30)21-8-6-5-7-9-21/h5-13,18-19,23H,14-17H2,1-4H3,(H,25,28)/t19-,23-/m1/s1. The zero-order valence-electron chi connectivity index (χ0n) is 18.8. The van der Waals surface area contributed by atoms with Gasteiger partial charge in [-0.05, 0) is 48.9 Å². The molecule has 1 saturated heterocycles. The van der Waals surface area contributed by atoms with Crippen LogP contribution in [0.15, 0.2) is 54.6 Å². The molecule has 1 amide bonds. The molecule has 168 valence electrons. The Morgan fingerprint density at radius 3 is 2.16 bits per heavy atom. The van der Waals surface area contributed by atoms with E-state index in [-0.39, 0.29) is 11.9 Å². The van der Waals surface area contributed by atoms with Crippen molar-refractivity contribution in [3.05, 3.63) is 65.7 Å². The zero-order valence-corrected chi connectivity index (χ0v) is 19.6. The minimum Gasteiger partial charge on any atom is -0.372 e. The Labute approximate surface area is 186 Å². The number of carbonyl (C=O) groups is 1. The van der Waals surface area contributed by atoms with Gasteiger partial charge in [-0.2, -0.15) is 4.31 Å². The molecule has 6 nitrogen and oxygen atoms in total. The first kappa shape index (κ1) is 23.3. The lowest BCUT2D eigenvalue weighted by Gasteiger charge is -2.32. The van der Waals surface area contributed by atoms with Crippen molar-refractivity contribution < 1.29 is 13.2 Å². The van der Waals surface area contributed by atoms with E-state index in [0.717, 1.165) is 35.1 Å². The second kappa shape index (κ2) is 9.83. The predicted octanol–water partition coefficient (Wildman–Crippen LogP) is 3.73. The van der Waals surface area contributed by atoms with Crippen molar-refractivity contribution in [2.45, 2.75) is 38.8 Å². The molecule has 2 aromatic rings. The predicted molar refractivity (Wildman–Crippen MR) is 125 cm³/mol. The van der Waals surface area contributed by atoms with Crippen LogP contribution in [0.4, 0.5) is 5.69 Å². The first-order valence-corrected chi connectivity index (χ1v) is 12.6. The number of nitrogens with zero attached hydrogens (tertiary/aromatic N) is 2. The van der Waals surface area contributed by atoms with Gasteiger partial charge in [0.2, 0.25) is 15.9 Å². The largest absolute Gasteiger partial charge is 0.372 e. The summed E-state index contributed by atoms with van der Waals surface area (Å²) < 4.78 is 25.4. The summed E-state index contributed by atoms with van der Waals surface area (Å²) in [5, 5.41) is 2.99. The Morgan fingerprint density at radius 1 is 1.03 bits per heavy atom. The molecule has 2 aromatic carbocycles. The summed E-state index contributed by atoms with van der Waals surface area (Å²) in [5.41, 5.74) is 2.82. The third kappa shape index (κ3) is 5.86. The normalized spacial score (nSPS) is 17.4. The Morgan fingerprint density at radius 2 is 1.61 bits per heavy atom. The van der Waals surface area contributed by atoms with Crippen LogP contribution in [-0.2, 0) is 14.8 Å². The van der Waals surface area contributed by atoms with Crippen molar-refractivity contribution in [3.8, 4) is 0 Å². The molecule has 0 unspecified atom stereocenters. The fourth-order valence-electron chi connectivity index (χ4n) is 3.97. The van der Waals surface area contributed by atoms with Gasteiger partial charge in [0.05, 0.1) is 12.3 Å². The van der Waals surface area contributed by atoms with Crippen molar-refractivity contribution in [1.29, 1.82) is 0 Å². The Bertz CT molecular complexity index is 969. The van der Waals surface area contributed by atoms with E-state index in [1.165, 1.54) is 25.6 Å². The van der Waals surface area contributed by atoms with E-state index >= 15 is 0 Å². The van der Waals surface area contributed by atoms with Crippen molar-refractivity contribution in [3.63, 3.8) is 0 Å². The molecule has 1 N–H and O–H groups in total. The number of hydrogen-bond acceptors (Lipinski definition) is 4. The maximum Gasteiger partial charge on any atom is 0.243 e. The third-order valence-corrected chi connectivity index (χ3v) is 7.41. The number of amides is 1. The van der Waals surface area contributed by atoms with E-state index in [0.29, 0.717) is 5.56 Å². The van der Waals surface area contributed by atoms with Gasteiger partial charge >= 0.3 is 0 Å². The first-order chi connectivity index (χ1) is 14.7. The van der Waals surface area contributed by atoms with Crippen LogP contribution in [0.25, 0.3) is 0 Å². The molecule has 3 rings (SSSR count). The van der Waals surface area contributed by atoms with Gasteiger partial charge in [-0.15, -0.1) is 0 Å². The fraction of sp³-hybridized carbons (Fsp3) is 0.458. The van der Waals surface area contributed by atoms with Crippen LogP contribution in [0.2, 0.25) is 0 Å². The molecule has 2 atom stereocenters. The lowest BCUT2D eigenvalue weighted by Crippen LogP contribution is -2.42. The quantitative estimate of drug-likeness (QED) is 0.708. The topological polar surface area (TPSA) is 69.7 Å². The number of carbonyl (C=O) groups excluding carboxylic acids is 1. The van der Waals surface area contributed by atoms with Gasteiger partial charge < -0.3 is 10.2 Å². The summed E-state index contributed by atoms with van der Waals surface area (Å²) in [5.74, 6) is 0.439. The van der Waals surface area contributed by atoms with Crippen LogP contribution in [0.5, 0.6) is 0 Å². The maximum atomic E-state index is 13.1. The van der Waals surface area contributed by atoms with Gasteiger partial charge in [0.1, 0.15) is 6.04 Å². The highest BCUT2D eigenvalue weighted by atomic mass is 32.2. The minimum atomic E-state index is -3.55. The first-order valence-electron chi connectivity index (χ1n) is 10.8. The average molecular weight is 444 g/mol. The number of anilines is 1. The Hall–Kier alpha value is -2.38. The van der Waals surface area contributed by atoms with Crippen LogP contribution in [0.3, 0.4) is 0 Å². The van der Waals surface area contributed by atoms with Crippen LogP contribution in [0.1, 0.15) is 49.9 Å². The van der Waals surface area contributed by atoms with Gasteiger partial charge in [0.25, 0.3) is 0 Å². The highest BCUT2D eigenvalue weighted by Crippen LogP contribution is 2.26. The molecule has 1 heterocycles. The zero-order chi connectivity index (χ0) is 22.6. The summed E-state index contributed by atoms with van der Waals surface area (Å²) in [6.07, 6.45) is 3.53. The van der Waals surface area contributed by atoms with Crippen LogP contribution in [0, 0.1) is 5.92 Å². The molecule has 0 radical (unpaired) electrons. The Balaban J connectivity index is 1.73. The van der Waals surface area contributed by atoms with Gasteiger partial charge in [0.15, 0.2) is 0 Å². The lowest BCUT2D eigenvalue weighted by molar-refractivity contribution is -0.125. The fourth-order valence-corrected chi connectivity index (χ4v) is 4.57. The SMILES string of the molecule is CC1CCN(c2ccc([C@@H](C)NC(=O)[C@@H](c3ccccc3)N(C)S(C)(=O)=O)cc2)CC1. The van der Waals surface area contributed by atoms with Crippen molar-refractivity contribution >= 4 is 21.6 Å². The molecule has 0 spiro atoms. The van der Waals surface area contributed by atoms with Crippen molar-refractivity contribution in [2.24, 2.45) is 5.92 Å². The molecule has 0 saturated carbocycles. The second-order valence-electron chi connectivity index (χ2n) is 8.58. The van der Waals surface area contributed by atoms with Crippen molar-refractivity contribution in [2.75, 3.05) is 31.3 Å². The highest BCUT2D eigenvalue weighted by Gasteiger charge is 2.31. The average Bonchev–Trinajstić information content (AvgIpc) is 2.74. The molecule has 31 heavy (non-hydrogen) atoms. The van der Waals surface area contributed by atoms with Gasteiger partial charge in [0, 0.05) is 25.8 Å². The van der Waals surface area contributed by atoms with E-state index < -0.39 is 16.1 Å². The van der Waals surface area contributed by atoms with Crippen LogP contribution < -0.4 is 10.2 Å². The number of piperidine rings is 1. The van der Waals surface area contributed by atoms with Gasteiger partial charge in [-0.1, -0.05) is 49.4 Å². The highest BCUT2D eigenvalue weighted by molar-refractivity contribution is 7.88. The smallest absolute Gasteiger partial charge is 0.243 e. The molecule has 1 aliphatic rings. The van der Waals surface area contributed by atoms with Crippen molar-refractivity contribution in [1.82, 2.24) is 9.62 Å². The summed E-state index contributed by atoms with van der Waals surface area (Å²) >= 11 is 0. The molecule has 0 aromatic heterocycles. The monoisotopic (exact) mass is 443 g/mol. The summed E-state index contributed by atoms with van der Waals surface area (Å²) in [4.78, 5) is 15.5. The number of hydrogen-bond donors (Lipinski definition) is 1. The molecule has 0 bridgehead atoms.